The van der Waals surface area contributed by atoms with E-state index in [1.54, 1.807) is 0 Å². The van der Waals surface area contributed by atoms with Gasteiger partial charge in [-0.2, -0.15) is 9.97 Å². The molecule has 2 heterocycles. The molecule has 0 spiro atoms. The van der Waals surface area contributed by atoms with Gasteiger partial charge in [0.1, 0.15) is 5.69 Å². The van der Waals surface area contributed by atoms with Crippen molar-refractivity contribution in [2.24, 2.45) is 5.92 Å². The Morgan fingerprint density at radius 1 is 1.28 bits per heavy atom. The van der Waals surface area contributed by atoms with E-state index in [0.29, 0.717) is 37.6 Å². The molecule has 0 unspecified atom stereocenters. The van der Waals surface area contributed by atoms with Crippen LogP contribution in [0.3, 0.4) is 0 Å². The van der Waals surface area contributed by atoms with E-state index in [2.05, 4.69) is 63.3 Å². The van der Waals surface area contributed by atoms with E-state index >= 15 is 0 Å². The number of fused-ring (bicyclic) bond motifs is 1. The van der Waals surface area contributed by atoms with Crippen molar-refractivity contribution >= 4 is 23.2 Å². The van der Waals surface area contributed by atoms with Gasteiger partial charge in [-0.3, -0.25) is 4.79 Å². The lowest BCUT2D eigenvalue weighted by atomic mass is 10.1. The maximum absolute atomic E-state index is 12.3. The number of unbranched alkanes of at least 4 members (excludes halogenated alkanes) is 1. The number of rotatable bonds is 10. The van der Waals surface area contributed by atoms with Crippen molar-refractivity contribution in [2.45, 2.75) is 52.1 Å². The zero-order chi connectivity index (χ0) is 22.5. The summed E-state index contributed by atoms with van der Waals surface area (Å²) in [6.45, 7) is 5.92. The molecule has 3 N–H and O–H groups in total. The third-order valence-electron chi connectivity index (χ3n) is 5.88. The van der Waals surface area contributed by atoms with Crippen molar-refractivity contribution in [2.75, 3.05) is 42.7 Å². The summed E-state index contributed by atoms with van der Waals surface area (Å²) in [4.78, 5) is 25.6. The highest BCUT2D eigenvalue weighted by molar-refractivity contribution is 5.98. The van der Waals surface area contributed by atoms with E-state index in [1.807, 2.05) is 0 Å². The number of carbonyl (C=O) groups excluding carboxylic acids is 1. The van der Waals surface area contributed by atoms with Crippen LogP contribution in [0.2, 0.25) is 0 Å². The first-order chi connectivity index (χ1) is 15.5. The minimum atomic E-state index is -0.0841. The number of anilines is 3. The molecule has 0 atom stereocenters. The number of ether oxygens (including phenoxy) is 1. The van der Waals surface area contributed by atoms with Gasteiger partial charge in [0.15, 0.2) is 11.6 Å². The zero-order valence-corrected chi connectivity index (χ0v) is 19.1. The topological polar surface area (TPSA) is 96.6 Å². The first-order valence-corrected chi connectivity index (χ1v) is 11.6. The highest BCUT2D eigenvalue weighted by Crippen LogP contribution is 2.34. The Morgan fingerprint density at radius 2 is 2.09 bits per heavy atom. The van der Waals surface area contributed by atoms with Crippen molar-refractivity contribution in [1.82, 2.24) is 14.9 Å². The Morgan fingerprint density at radius 3 is 2.88 bits per heavy atom. The molecular formula is C24H34N6O2. The van der Waals surface area contributed by atoms with Gasteiger partial charge in [0, 0.05) is 32.6 Å². The molecule has 1 aliphatic carbocycles. The quantitative estimate of drug-likeness (QED) is 0.549. The van der Waals surface area contributed by atoms with Crippen LogP contribution in [0.4, 0.5) is 17.3 Å². The summed E-state index contributed by atoms with van der Waals surface area (Å²) in [5.41, 5.74) is 9.11. The Bertz CT molecular complexity index is 946. The Hall–Kier alpha value is -2.87. The number of amides is 1. The summed E-state index contributed by atoms with van der Waals surface area (Å²) in [5.74, 6) is 1.64. The molecule has 1 fully saturated rings. The summed E-state index contributed by atoms with van der Waals surface area (Å²) in [6, 6.07) is 8.89. The van der Waals surface area contributed by atoms with Crippen LogP contribution in [0, 0.1) is 5.92 Å². The fourth-order valence-electron chi connectivity index (χ4n) is 4.03. The second kappa shape index (κ2) is 10.2. The molecule has 2 aromatic rings. The average Bonchev–Trinajstić information content (AvgIpc) is 3.58. The number of nitrogens with zero attached hydrogens (tertiary/aromatic N) is 4. The lowest BCUT2D eigenvalue weighted by Gasteiger charge is -2.24. The molecule has 0 bridgehead atoms. The van der Waals surface area contributed by atoms with E-state index in [4.69, 9.17) is 10.5 Å². The summed E-state index contributed by atoms with van der Waals surface area (Å²) in [5, 5.41) is 2.87. The van der Waals surface area contributed by atoms with Gasteiger partial charge in [-0.1, -0.05) is 37.6 Å². The second-order valence-corrected chi connectivity index (χ2v) is 8.97. The average molecular weight is 439 g/mol. The number of hydrogen-bond donors (Lipinski definition) is 2. The van der Waals surface area contributed by atoms with Gasteiger partial charge in [-0.15, -0.1) is 0 Å². The predicted octanol–water partition coefficient (Wildman–Crippen LogP) is 3.43. The van der Waals surface area contributed by atoms with Crippen molar-refractivity contribution in [3.8, 4) is 6.01 Å². The number of benzene rings is 1. The van der Waals surface area contributed by atoms with Gasteiger partial charge in [0.05, 0.1) is 6.61 Å². The van der Waals surface area contributed by atoms with Gasteiger partial charge in [-0.05, 0) is 43.4 Å². The van der Waals surface area contributed by atoms with Crippen molar-refractivity contribution in [3.05, 3.63) is 35.4 Å². The van der Waals surface area contributed by atoms with Crippen LogP contribution in [-0.4, -0.2) is 47.5 Å². The van der Waals surface area contributed by atoms with Crippen LogP contribution in [0.1, 0.15) is 50.2 Å². The first kappa shape index (κ1) is 22.3. The predicted molar refractivity (Wildman–Crippen MR) is 127 cm³/mol. The van der Waals surface area contributed by atoms with E-state index in [1.165, 1.54) is 24.0 Å². The molecule has 8 nitrogen and oxygen atoms in total. The SMILES string of the molecule is CCCCOc1nc(N)c2c(n1)N(Cc1cccc(CN(C)CC3CC3)c1)CCC(=O)N2. The molecule has 172 valence electrons. The molecule has 32 heavy (non-hydrogen) atoms. The standard InChI is InChI=1S/C24H34N6O2/c1-3-4-12-32-24-27-22(25)21-23(28-24)30(11-10-20(31)26-21)16-19-7-5-6-18(13-19)15-29(2)14-17-8-9-17/h5-7,13,17H,3-4,8-12,14-16H2,1-2H3,(H,26,31)(H2,25,27,28). The number of aromatic nitrogens is 2. The third-order valence-corrected chi connectivity index (χ3v) is 5.88. The molecular weight excluding hydrogens is 404 g/mol. The molecule has 1 amide bonds. The number of nitrogens with two attached hydrogens (primary N) is 1. The highest BCUT2D eigenvalue weighted by atomic mass is 16.5. The largest absolute Gasteiger partial charge is 0.463 e. The van der Waals surface area contributed by atoms with Crippen LogP contribution >= 0.6 is 0 Å². The van der Waals surface area contributed by atoms with Crippen LogP contribution in [-0.2, 0) is 17.9 Å². The number of carbonyl (C=O) groups is 1. The molecule has 1 saturated carbocycles. The number of nitrogens with one attached hydrogen (secondary N) is 1. The zero-order valence-electron chi connectivity index (χ0n) is 19.1. The lowest BCUT2D eigenvalue weighted by molar-refractivity contribution is -0.115. The minimum Gasteiger partial charge on any atom is -0.463 e. The molecule has 4 rings (SSSR count). The molecule has 2 aliphatic rings. The Balaban J connectivity index is 1.53. The summed E-state index contributed by atoms with van der Waals surface area (Å²) >= 11 is 0. The smallest absolute Gasteiger partial charge is 0.320 e. The summed E-state index contributed by atoms with van der Waals surface area (Å²) in [6.07, 6.45) is 5.03. The van der Waals surface area contributed by atoms with Gasteiger partial charge in [-0.25, -0.2) is 0 Å². The second-order valence-electron chi connectivity index (χ2n) is 8.97. The monoisotopic (exact) mass is 438 g/mol. The maximum atomic E-state index is 12.3. The van der Waals surface area contributed by atoms with E-state index in [9.17, 15) is 4.79 Å². The number of nitrogen functional groups attached to an aromatic ring is 1. The number of hydrogen-bond acceptors (Lipinski definition) is 7. The molecule has 0 radical (unpaired) electrons. The van der Waals surface area contributed by atoms with Crippen molar-refractivity contribution < 1.29 is 9.53 Å². The Labute approximate surface area is 190 Å². The maximum Gasteiger partial charge on any atom is 0.320 e. The lowest BCUT2D eigenvalue weighted by Crippen LogP contribution is -2.25. The van der Waals surface area contributed by atoms with Crippen LogP contribution in [0.5, 0.6) is 6.01 Å². The van der Waals surface area contributed by atoms with E-state index < -0.39 is 0 Å². The van der Waals surface area contributed by atoms with Gasteiger partial charge >= 0.3 is 6.01 Å². The molecule has 1 aromatic carbocycles. The van der Waals surface area contributed by atoms with E-state index in [0.717, 1.165) is 31.8 Å². The van der Waals surface area contributed by atoms with Crippen LogP contribution < -0.4 is 20.7 Å². The third kappa shape index (κ3) is 5.88. The van der Waals surface area contributed by atoms with Crippen LogP contribution in [0.15, 0.2) is 24.3 Å². The molecule has 1 aromatic heterocycles. The van der Waals surface area contributed by atoms with Gasteiger partial charge < -0.3 is 25.6 Å². The van der Waals surface area contributed by atoms with Crippen molar-refractivity contribution in [3.63, 3.8) is 0 Å². The summed E-state index contributed by atoms with van der Waals surface area (Å²) in [7, 11) is 2.19. The normalized spacial score (nSPS) is 16.0. The van der Waals surface area contributed by atoms with Gasteiger partial charge in [0.2, 0.25) is 5.91 Å². The van der Waals surface area contributed by atoms with Gasteiger partial charge in [0.25, 0.3) is 0 Å². The Kier molecular flexibility index (Phi) is 7.09. The molecule has 1 aliphatic heterocycles. The summed E-state index contributed by atoms with van der Waals surface area (Å²) < 4.78 is 5.71. The fourth-order valence-corrected chi connectivity index (χ4v) is 4.03. The fraction of sp³-hybridized carbons (Fsp3) is 0.542. The highest BCUT2D eigenvalue weighted by Gasteiger charge is 2.25. The molecule has 8 heteroatoms. The van der Waals surface area contributed by atoms with Crippen LogP contribution in [0.25, 0.3) is 0 Å². The first-order valence-electron chi connectivity index (χ1n) is 11.6. The van der Waals surface area contributed by atoms with Crippen molar-refractivity contribution in [1.29, 1.82) is 0 Å². The van der Waals surface area contributed by atoms with E-state index in [-0.39, 0.29) is 17.7 Å². The molecule has 0 saturated heterocycles. The minimum absolute atomic E-state index is 0.0841.